The molecule has 1 aromatic heterocycles. The fourth-order valence-electron chi connectivity index (χ4n) is 2.54. The van der Waals surface area contributed by atoms with E-state index < -0.39 is 40.3 Å². The van der Waals surface area contributed by atoms with Gasteiger partial charge in [0.05, 0.1) is 24.9 Å². The molecule has 0 spiro atoms. The summed E-state index contributed by atoms with van der Waals surface area (Å²) in [6.45, 7) is 0.137. The molecule has 0 aliphatic heterocycles. The van der Waals surface area contributed by atoms with Crippen molar-refractivity contribution in [2.75, 3.05) is 12.4 Å². The average Bonchev–Trinajstić information content (AvgIpc) is 2.71. The smallest absolute Gasteiger partial charge is 0.340 e. The predicted molar refractivity (Wildman–Crippen MR) is 99.7 cm³/mol. The molecule has 148 valence electrons. The van der Waals surface area contributed by atoms with E-state index in [1.807, 2.05) is 6.07 Å². The van der Waals surface area contributed by atoms with Gasteiger partial charge < -0.3 is 10.1 Å². The van der Waals surface area contributed by atoms with E-state index in [9.17, 15) is 23.2 Å². The van der Waals surface area contributed by atoms with E-state index >= 15 is 0 Å². The van der Waals surface area contributed by atoms with Crippen LogP contribution in [-0.4, -0.2) is 28.8 Å². The zero-order valence-corrected chi connectivity index (χ0v) is 15.2. The Balaban J connectivity index is 1.87. The Morgan fingerprint density at radius 3 is 2.48 bits per heavy atom. The summed E-state index contributed by atoms with van der Waals surface area (Å²) in [6, 6.07) is 12.6. The largest absolute Gasteiger partial charge is 0.465 e. The molecule has 0 saturated heterocycles. The van der Waals surface area contributed by atoms with Gasteiger partial charge in [-0.15, -0.1) is 0 Å². The zero-order chi connectivity index (χ0) is 21.0. The van der Waals surface area contributed by atoms with Gasteiger partial charge in [0, 0.05) is 12.1 Å². The number of hydrogen-bond donors (Lipinski definition) is 1. The first-order valence-corrected chi connectivity index (χ1v) is 8.40. The van der Waals surface area contributed by atoms with E-state index in [1.54, 1.807) is 24.3 Å². The Labute approximate surface area is 163 Å². The highest BCUT2D eigenvalue weighted by atomic mass is 19.1. The zero-order valence-electron chi connectivity index (χ0n) is 15.2. The van der Waals surface area contributed by atoms with Gasteiger partial charge in [-0.05, 0) is 17.7 Å². The number of rotatable bonds is 5. The van der Waals surface area contributed by atoms with E-state index in [4.69, 9.17) is 0 Å². The van der Waals surface area contributed by atoms with Gasteiger partial charge in [0.2, 0.25) is 0 Å². The fourth-order valence-corrected chi connectivity index (χ4v) is 2.54. The Morgan fingerprint density at radius 2 is 1.79 bits per heavy atom. The van der Waals surface area contributed by atoms with Gasteiger partial charge in [-0.2, -0.15) is 5.10 Å². The van der Waals surface area contributed by atoms with Crippen molar-refractivity contribution < 1.29 is 23.1 Å². The number of benzene rings is 2. The van der Waals surface area contributed by atoms with Crippen molar-refractivity contribution in [1.82, 2.24) is 9.78 Å². The van der Waals surface area contributed by atoms with Crippen molar-refractivity contribution in [3.8, 4) is 0 Å². The molecular formula is C20H15F2N3O4. The molecule has 29 heavy (non-hydrogen) atoms. The number of carbonyl (C=O) groups is 2. The molecule has 0 aliphatic rings. The summed E-state index contributed by atoms with van der Waals surface area (Å²) in [6.07, 6.45) is 0. The Morgan fingerprint density at radius 1 is 1.07 bits per heavy atom. The van der Waals surface area contributed by atoms with Gasteiger partial charge in [0.15, 0.2) is 0 Å². The summed E-state index contributed by atoms with van der Waals surface area (Å²) in [5, 5.41) is 6.21. The van der Waals surface area contributed by atoms with E-state index in [2.05, 4.69) is 15.2 Å². The topological polar surface area (TPSA) is 90.3 Å². The third-order valence-corrected chi connectivity index (χ3v) is 3.98. The van der Waals surface area contributed by atoms with Gasteiger partial charge in [-0.1, -0.05) is 30.3 Å². The Bertz CT molecular complexity index is 1130. The van der Waals surface area contributed by atoms with Crippen LogP contribution in [0.25, 0.3) is 0 Å². The lowest BCUT2D eigenvalue weighted by Gasteiger charge is -2.10. The van der Waals surface area contributed by atoms with Crippen LogP contribution in [0.2, 0.25) is 0 Å². The Kier molecular flexibility index (Phi) is 5.77. The highest BCUT2D eigenvalue weighted by molar-refractivity contribution is 6.03. The molecule has 0 atom stereocenters. The SMILES string of the molecule is COC(=O)c1cc(NC(=O)c2ccc(=O)n(Cc3ccccc3)n2)c(F)cc1F. The van der Waals surface area contributed by atoms with Gasteiger partial charge in [-0.25, -0.2) is 18.3 Å². The van der Waals surface area contributed by atoms with Gasteiger partial charge in [0.1, 0.15) is 17.3 Å². The number of nitrogens with zero attached hydrogens (tertiary/aromatic N) is 2. The van der Waals surface area contributed by atoms with Crippen molar-refractivity contribution >= 4 is 17.6 Å². The maximum Gasteiger partial charge on any atom is 0.340 e. The van der Waals surface area contributed by atoms with Gasteiger partial charge >= 0.3 is 5.97 Å². The molecular weight excluding hydrogens is 384 g/mol. The lowest BCUT2D eigenvalue weighted by molar-refractivity contribution is 0.0595. The molecule has 0 fully saturated rings. The molecule has 1 N–H and O–H groups in total. The van der Waals surface area contributed by atoms with Crippen LogP contribution < -0.4 is 10.9 Å². The third-order valence-electron chi connectivity index (χ3n) is 3.98. The lowest BCUT2D eigenvalue weighted by atomic mass is 10.1. The first-order chi connectivity index (χ1) is 13.9. The van der Waals surface area contributed by atoms with E-state index in [1.165, 1.54) is 6.07 Å². The summed E-state index contributed by atoms with van der Waals surface area (Å²) in [5.74, 6) is -4.07. The standard InChI is InChI=1S/C20H15F2N3O4/c1-29-20(28)13-9-17(15(22)10-14(13)21)23-19(27)16-7-8-18(26)25(24-16)11-12-5-3-2-4-6-12/h2-10H,11H2,1H3,(H,23,27). The van der Waals surface area contributed by atoms with Crippen LogP contribution in [0.5, 0.6) is 0 Å². The second-order valence-corrected chi connectivity index (χ2v) is 5.96. The average molecular weight is 399 g/mol. The molecule has 9 heteroatoms. The molecule has 0 radical (unpaired) electrons. The molecule has 0 unspecified atom stereocenters. The number of anilines is 1. The van der Waals surface area contributed by atoms with E-state index in [0.29, 0.717) is 6.07 Å². The van der Waals surface area contributed by atoms with Crippen molar-refractivity contribution in [3.05, 3.63) is 93.4 Å². The van der Waals surface area contributed by atoms with Crippen molar-refractivity contribution in [1.29, 1.82) is 0 Å². The van der Waals surface area contributed by atoms with Crippen LogP contribution in [0.15, 0.2) is 59.4 Å². The van der Waals surface area contributed by atoms with E-state index in [-0.39, 0.29) is 12.2 Å². The number of hydrogen-bond acceptors (Lipinski definition) is 5. The first-order valence-electron chi connectivity index (χ1n) is 8.40. The minimum atomic E-state index is -1.12. The summed E-state index contributed by atoms with van der Waals surface area (Å²) in [7, 11) is 1.04. The summed E-state index contributed by atoms with van der Waals surface area (Å²) >= 11 is 0. The second kappa shape index (κ2) is 8.42. The second-order valence-electron chi connectivity index (χ2n) is 5.96. The molecule has 1 heterocycles. The van der Waals surface area contributed by atoms with E-state index in [0.717, 1.165) is 29.5 Å². The van der Waals surface area contributed by atoms with Crippen LogP contribution in [0.3, 0.4) is 0 Å². The summed E-state index contributed by atoms with van der Waals surface area (Å²) in [5.41, 5.74) is -0.757. The number of halogens is 2. The van der Waals surface area contributed by atoms with Crippen LogP contribution in [0, 0.1) is 11.6 Å². The molecule has 0 bridgehead atoms. The maximum absolute atomic E-state index is 14.0. The number of methoxy groups -OCH3 is 1. The molecule has 7 nitrogen and oxygen atoms in total. The van der Waals surface area contributed by atoms with Crippen LogP contribution in [0.4, 0.5) is 14.5 Å². The number of aromatic nitrogens is 2. The molecule has 1 amide bonds. The predicted octanol–water partition coefficient (Wildman–Crippen LogP) is 2.61. The van der Waals surface area contributed by atoms with Crippen LogP contribution in [-0.2, 0) is 11.3 Å². The number of esters is 1. The third kappa shape index (κ3) is 4.52. The minimum Gasteiger partial charge on any atom is -0.465 e. The van der Waals surface area contributed by atoms with Gasteiger partial charge in [0.25, 0.3) is 11.5 Å². The van der Waals surface area contributed by atoms with Crippen LogP contribution in [0.1, 0.15) is 26.4 Å². The normalized spacial score (nSPS) is 10.4. The van der Waals surface area contributed by atoms with Crippen LogP contribution >= 0.6 is 0 Å². The van der Waals surface area contributed by atoms with Crippen molar-refractivity contribution in [2.45, 2.75) is 6.54 Å². The van der Waals surface area contributed by atoms with Gasteiger partial charge in [-0.3, -0.25) is 9.59 Å². The monoisotopic (exact) mass is 399 g/mol. The summed E-state index contributed by atoms with van der Waals surface area (Å²) in [4.78, 5) is 36.0. The quantitative estimate of drug-likeness (QED) is 0.666. The fraction of sp³-hybridized carbons (Fsp3) is 0.100. The first kappa shape index (κ1) is 19.9. The number of carbonyl (C=O) groups excluding carboxylic acids is 2. The van der Waals surface area contributed by atoms with Crippen molar-refractivity contribution in [2.24, 2.45) is 0 Å². The maximum atomic E-state index is 14.0. The van der Waals surface area contributed by atoms with Crippen molar-refractivity contribution in [3.63, 3.8) is 0 Å². The summed E-state index contributed by atoms with van der Waals surface area (Å²) < 4.78 is 33.3. The Hall–Kier alpha value is -3.88. The molecule has 0 saturated carbocycles. The number of ether oxygens (including phenoxy) is 1. The molecule has 3 aromatic rings. The number of nitrogens with one attached hydrogen (secondary N) is 1. The molecule has 3 rings (SSSR count). The number of amides is 1. The minimum absolute atomic E-state index is 0.137. The molecule has 2 aromatic carbocycles. The molecule has 0 aliphatic carbocycles. The highest BCUT2D eigenvalue weighted by Crippen LogP contribution is 2.21. The lowest BCUT2D eigenvalue weighted by Crippen LogP contribution is -2.26. The highest BCUT2D eigenvalue weighted by Gasteiger charge is 2.19.